The van der Waals surface area contributed by atoms with Gasteiger partial charge in [0.05, 0.1) is 10.9 Å². The van der Waals surface area contributed by atoms with Gasteiger partial charge in [0.25, 0.3) is 0 Å². The first-order valence-electron chi connectivity index (χ1n) is 11.0. The molecule has 1 amide bonds. The summed E-state index contributed by atoms with van der Waals surface area (Å²) in [5.74, 6) is 0.103. The molecule has 1 unspecified atom stereocenters. The molecule has 1 atom stereocenters. The predicted octanol–water partition coefficient (Wildman–Crippen LogP) is 4.74. The molecule has 2 aliphatic rings. The maximum Gasteiger partial charge on any atom is 0.243 e. The molecule has 0 radical (unpaired) electrons. The summed E-state index contributed by atoms with van der Waals surface area (Å²) in [4.78, 5) is 13.1. The second-order valence-electron chi connectivity index (χ2n) is 8.57. The van der Waals surface area contributed by atoms with E-state index in [1.165, 1.54) is 6.42 Å². The van der Waals surface area contributed by atoms with Crippen LogP contribution in [0.5, 0.6) is 0 Å². The molecule has 0 aromatic heterocycles. The number of amides is 1. The second kappa shape index (κ2) is 9.43. The fourth-order valence-corrected chi connectivity index (χ4v) is 7.15. The summed E-state index contributed by atoms with van der Waals surface area (Å²) in [5, 5.41) is 3.09. The van der Waals surface area contributed by atoms with E-state index in [0.717, 1.165) is 41.3 Å². The number of nitrogens with zero attached hydrogens (tertiary/aromatic N) is 1. The van der Waals surface area contributed by atoms with E-state index >= 15 is 0 Å². The molecule has 7 heteroatoms. The van der Waals surface area contributed by atoms with E-state index in [4.69, 9.17) is 0 Å². The van der Waals surface area contributed by atoms with Crippen LogP contribution in [0.1, 0.15) is 54.8 Å². The van der Waals surface area contributed by atoms with Gasteiger partial charge in [-0.05, 0) is 61.1 Å². The topological polar surface area (TPSA) is 66.5 Å². The van der Waals surface area contributed by atoms with Crippen molar-refractivity contribution in [2.75, 3.05) is 13.1 Å². The van der Waals surface area contributed by atoms with E-state index in [1.54, 1.807) is 16.4 Å². The van der Waals surface area contributed by atoms with Crippen LogP contribution in [0.25, 0.3) is 0 Å². The van der Waals surface area contributed by atoms with E-state index < -0.39 is 16.1 Å². The maximum atomic E-state index is 13.7. The fraction of sp³-hybridized carbons (Fsp3) is 0.458. The minimum absolute atomic E-state index is 0.0476. The van der Waals surface area contributed by atoms with Crippen LogP contribution in [0.2, 0.25) is 0 Å². The maximum absolute atomic E-state index is 13.7. The van der Waals surface area contributed by atoms with Crippen molar-refractivity contribution in [3.05, 3.63) is 63.6 Å². The molecule has 1 heterocycles. The van der Waals surface area contributed by atoms with Crippen LogP contribution in [0.15, 0.2) is 51.8 Å². The predicted molar refractivity (Wildman–Crippen MR) is 125 cm³/mol. The quantitative estimate of drug-likeness (QED) is 0.639. The van der Waals surface area contributed by atoms with Crippen molar-refractivity contribution >= 4 is 31.9 Å². The number of aryl methyl sites for hydroxylation is 1. The van der Waals surface area contributed by atoms with E-state index in [1.807, 2.05) is 31.2 Å². The van der Waals surface area contributed by atoms with Gasteiger partial charge in [-0.15, -0.1) is 0 Å². The van der Waals surface area contributed by atoms with Gasteiger partial charge in [-0.1, -0.05) is 59.5 Å². The summed E-state index contributed by atoms with van der Waals surface area (Å²) in [6, 6.07) is 12.8. The normalized spacial score (nSPS) is 20.3. The molecule has 31 heavy (non-hydrogen) atoms. The van der Waals surface area contributed by atoms with Crippen LogP contribution in [0.4, 0.5) is 0 Å². The lowest BCUT2D eigenvalue weighted by Crippen LogP contribution is -2.46. The number of sulfonamides is 1. The molecule has 166 valence electrons. The number of carbonyl (C=O) groups is 1. The van der Waals surface area contributed by atoms with Gasteiger partial charge in [0.15, 0.2) is 0 Å². The smallest absolute Gasteiger partial charge is 0.243 e. The van der Waals surface area contributed by atoms with Crippen LogP contribution in [-0.2, 0) is 21.2 Å². The van der Waals surface area contributed by atoms with Crippen molar-refractivity contribution in [2.45, 2.75) is 56.4 Å². The van der Waals surface area contributed by atoms with Crippen molar-refractivity contribution in [1.82, 2.24) is 9.62 Å². The fourth-order valence-electron chi connectivity index (χ4n) is 4.86. The SMILES string of the molecule is Cc1cc(Br)ccc1S(=O)(=O)N1CCc2ccccc2C1CNC(=O)C1CCCCC1. The summed E-state index contributed by atoms with van der Waals surface area (Å²) in [6.45, 7) is 2.51. The molecular weight excluding hydrogens is 476 g/mol. The Morgan fingerprint density at radius 2 is 1.87 bits per heavy atom. The van der Waals surface area contributed by atoms with Crippen LogP contribution in [0.3, 0.4) is 0 Å². The van der Waals surface area contributed by atoms with E-state index in [2.05, 4.69) is 27.3 Å². The number of carbonyl (C=O) groups excluding carboxylic acids is 1. The van der Waals surface area contributed by atoms with Gasteiger partial charge in [-0.3, -0.25) is 4.79 Å². The average molecular weight is 505 g/mol. The Kier molecular flexibility index (Phi) is 6.84. The monoisotopic (exact) mass is 504 g/mol. The lowest BCUT2D eigenvalue weighted by molar-refractivity contribution is -0.126. The molecule has 4 rings (SSSR count). The van der Waals surface area contributed by atoms with Crippen molar-refractivity contribution in [2.24, 2.45) is 5.92 Å². The van der Waals surface area contributed by atoms with Crippen LogP contribution >= 0.6 is 15.9 Å². The highest BCUT2D eigenvalue weighted by Gasteiger charge is 2.37. The number of benzene rings is 2. The molecule has 2 aromatic carbocycles. The second-order valence-corrected chi connectivity index (χ2v) is 11.3. The number of halogens is 1. The number of nitrogens with one attached hydrogen (secondary N) is 1. The van der Waals surface area contributed by atoms with E-state index in [0.29, 0.717) is 30.0 Å². The summed E-state index contributed by atoms with van der Waals surface area (Å²) < 4.78 is 29.8. The molecule has 1 fully saturated rings. The molecule has 0 spiro atoms. The Balaban J connectivity index is 1.63. The van der Waals surface area contributed by atoms with Crippen molar-refractivity contribution in [1.29, 1.82) is 0 Å². The Hall–Kier alpha value is -1.70. The van der Waals surface area contributed by atoms with Crippen LogP contribution in [0, 0.1) is 12.8 Å². The largest absolute Gasteiger partial charge is 0.354 e. The zero-order valence-electron chi connectivity index (χ0n) is 17.8. The summed E-state index contributed by atoms with van der Waals surface area (Å²) >= 11 is 3.41. The number of rotatable bonds is 5. The standard InChI is InChI=1S/C24H29BrN2O3S/c1-17-15-20(25)11-12-23(17)31(29,30)27-14-13-18-7-5-6-10-21(18)22(27)16-26-24(28)19-8-3-2-4-9-19/h5-7,10-12,15,19,22H,2-4,8-9,13-14,16H2,1H3,(H,26,28). The molecule has 0 saturated heterocycles. The number of hydrogen-bond donors (Lipinski definition) is 1. The van der Waals surface area contributed by atoms with E-state index in [9.17, 15) is 13.2 Å². The molecular formula is C24H29BrN2O3S. The summed E-state index contributed by atoms with van der Waals surface area (Å²) in [7, 11) is -3.71. The molecule has 0 bridgehead atoms. The van der Waals surface area contributed by atoms with Gasteiger partial charge in [-0.2, -0.15) is 4.31 Å². The van der Waals surface area contributed by atoms with Crippen molar-refractivity contribution in [3.8, 4) is 0 Å². The Morgan fingerprint density at radius 1 is 1.13 bits per heavy atom. The molecule has 1 saturated carbocycles. The molecule has 2 aromatic rings. The zero-order chi connectivity index (χ0) is 22.0. The minimum atomic E-state index is -3.71. The van der Waals surface area contributed by atoms with Gasteiger partial charge >= 0.3 is 0 Å². The first kappa shape index (κ1) is 22.5. The highest BCUT2D eigenvalue weighted by Crippen LogP contribution is 2.35. The van der Waals surface area contributed by atoms with Crippen molar-refractivity contribution < 1.29 is 13.2 Å². The Morgan fingerprint density at radius 3 is 2.61 bits per heavy atom. The van der Waals surface area contributed by atoms with Crippen LogP contribution < -0.4 is 5.32 Å². The zero-order valence-corrected chi connectivity index (χ0v) is 20.2. The Bertz CT molecular complexity index is 1060. The number of hydrogen-bond acceptors (Lipinski definition) is 3. The molecule has 1 aliphatic heterocycles. The van der Waals surface area contributed by atoms with Gasteiger partial charge in [-0.25, -0.2) is 8.42 Å². The van der Waals surface area contributed by atoms with E-state index in [-0.39, 0.29) is 11.8 Å². The lowest BCUT2D eigenvalue weighted by Gasteiger charge is -2.37. The van der Waals surface area contributed by atoms with Gasteiger partial charge in [0, 0.05) is 23.5 Å². The summed E-state index contributed by atoms with van der Waals surface area (Å²) in [5.41, 5.74) is 2.84. The average Bonchev–Trinajstić information content (AvgIpc) is 2.77. The first-order valence-corrected chi connectivity index (χ1v) is 13.2. The third-order valence-electron chi connectivity index (χ3n) is 6.53. The molecule has 5 nitrogen and oxygen atoms in total. The first-order chi connectivity index (χ1) is 14.9. The summed E-state index contributed by atoms with van der Waals surface area (Å²) in [6.07, 6.45) is 5.89. The number of fused-ring (bicyclic) bond motifs is 1. The Labute approximate surface area is 193 Å². The molecule has 1 aliphatic carbocycles. The highest BCUT2D eigenvalue weighted by atomic mass is 79.9. The third-order valence-corrected chi connectivity index (χ3v) is 9.09. The molecule has 1 N–H and O–H groups in total. The van der Waals surface area contributed by atoms with Gasteiger partial charge in [0.1, 0.15) is 0 Å². The van der Waals surface area contributed by atoms with Crippen LogP contribution in [-0.4, -0.2) is 31.7 Å². The van der Waals surface area contributed by atoms with Gasteiger partial charge < -0.3 is 5.32 Å². The highest BCUT2D eigenvalue weighted by molar-refractivity contribution is 9.10. The lowest BCUT2D eigenvalue weighted by atomic mass is 9.88. The minimum Gasteiger partial charge on any atom is -0.354 e. The van der Waals surface area contributed by atoms with Gasteiger partial charge in [0.2, 0.25) is 15.9 Å². The van der Waals surface area contributed by atoms with Crippen molar-refractivity contribution in [3.63, 3.8) is 0 Å². The third kappa shape index (κ3) is 4.73.